The predicted molar refractivity (Wildman–Crippen MR) is 112 cm³/mol. The molecule has 5 heteroatoms. The van der Waals surface area contributed by atoms with Crippen LogP contribution < -0.4 is 10.2 Å². The normalized spacial score (nSPS) is 15.1. The van der Waals surface area contributed by atoms with Crippen LogP contribution in [0.25, 0.3) is 0 Å². The summed E-state index contributed by atoms with van der Waals surface area (Å²) in [6.07, 6.45) is 0. The van der Waals surface area contributed by atoms with E-state index in [2.05, 4.69) is 53.4 Å². The minimum atomic E-state index is 0.0518. The fraction of sp³-hybridized carbons (Fsp3) is 0.381. The van der Waals surface area contributed by atoms with Crippen molar-refractivity contribution in [3.63, 3.8) is 0 Å². The zero-order valence-corrected chi connectivity index (χ0v) is 16.4. The summed E-state index contributed by atoms with van der Waals surface area (Å²) in [6, 6.07) is 16.5. The lowest BCUT2D eigenvalue weighted by molar-refractivity contribution is -0.113. The summed E-state index contributed by atoms with van der Waals surface area (Å²) in [4.78, 5) is 16.9. The lowest BCUT2D eigenvalue weighted by atomic mass is 10.1. The van der Waals surface area contributed by atoms with Crippen LogP contribution in [0, 0.1) is 6.92 Å². The van der Waals surface area contributed by atoms with Crippen LogP contribution in [-0.4, -0.2) is 49.8 Å². The van der Waals surface area contributed by atoms with Gasteiger partial charge in [-0.05, 0) is 49.4 Å². The van der Waals surface area contributed by atoms with Gasteiger partial charge in [0.1, 0.15) is 0 Å². The number of anilines is 2. The summed E-state index contributed by atoms with van der Waals surface area (Å²) >= 11 is 1.65. The second kappa shape index (κ2) is 9.10. The molecule has 1 aliphatic rings. The molecule has 0 radical (unpaired) electrons. The number of nitrogens with zero attached hydrogens (tertiary/aromatic N) is 2. The van der Waals surface area contributed by atoms with E-state index in [4.69, 9.17) is 0 Å². The van der Waals surface area contributed by atoms with Crippen molar-refractivity contribution in [3.8, 4) is 0 Å². The molecule has 1 amide bonds. The number of rotatable bonds is 6. The van der Waals surface area contributed by atoms with E-state index in [0.717, 1.165) is 37.6 Å². The number of hydrogen-bond acceptors (Lipinski definition) is 4. The van der Waals surface area contributed by atoms with Gasteiger partial charge in [-0.3, -0.25) is 4.79 Å². The molecular weight excluding hydrogens is 342 g/mol. The Labute approximate surface area is 160 Å². The first-order valence-electron chi connectivity index (χ1n) is 9.07. The SMILES string of the molecule is Cc1ccccc1CSCC(=O)Nc1ccc(N2CCN(C)CC2)cc1. The Balaban J connectivity index is 1.45. The molecular formula is C21H27N3OS. The maximum absolute atomic E-state index is 12.2. The highest BCUT2D eigenvalue weighted by molar-refractivity contribution is 7.99. The Morgan fingerprint density at radius 1 is 1.04 bits per heavy atom. The molecule has 0 unspecified atom stereocenters. The van der Waals surface area contributed by atoms with Gasteiger partial charge in [0.05, 0.1) is 5.75 Å². The first-order chi connectivity index (χ1) is 12.6. The molecule has 1 N–H and O–H groups in total. The Bertz CT molecular complexity index is 724. The quantitative estimate of drug-likeness (QED) is 0.844. The van der Waals surface area contributed by atoms with Crippen LogP contribution in [0.3, 0.4) is 0 Å². The Kier molecular flexibility index (Phi) is 6.58. The second-order valence-corrected chi connectivity index (χ2v) is 7.79. The molecule has 138 valence electrons. The van der Waals surface area contributed by atoms with Gasteiger partial charge in [-0.2, -0.15) is 0 Å². The third kappa shape index (κ3) is 5.26. The molecule has 1 aliphatic heterocycles. The van der Waals surface area contributed by atoms with Gasteiger partial charge in [0.15, 0.2) is 0 Å². The third-order valence-electron chi connectivity index (χ3n) is 4.77. The lowest BCUT2D eigenvalue weighted by Gasteiger charge is -2.34. The van der Waals surface area contributed by atoms with Crippen LogP contribution in [0.15, 0.2) is 48.5 Å². The molecule has 0 aromatic heterocycles. The fourth-order valence-electron chi connectivity index (χ4n) is 3.04. The number of amides is 1. The predicted octanol–water partition coefficient (Wildman–Crippen LogP) is 3.62. The molecule has 1 heterocycles. The summed E-state index contributed by atoms with van der Waals surface area (Å²) in [7, 11) is 2.16. The van der Waals surface area contributed by atoms with Crippen molar-refractivity contribution in [2.75, 3.05) is 49.2 Å². The largest absolute Gasteiger partial charge is 0.369 e. The standard InChI is InChI=1S/C21H27N3OS/c1-17-5-3-4-6-18(17)15-26-16-21(25)22-19-7-9-20(10-8-19)24-13-11-23(2)12-14-24/h3-10H,11-16H2,1-2H3,(H,22,25). The van der Waals surface area contributed by atoms with Crippen LogP contribution in [0.4, 0.5) is 11.4 Å². The number of aryl methyl sites for hydroxylation is 1. The first kappa shape index (κ1) is 18.8. The van der Waals surface area contributed by atoms with Crippen molar-refractivity contribution in [2.45, 2.75) is 12.7 Å². The van der Waals surface area contributed by atoms with E-state index in [-0.39, 0.29) is 5.91 Å². The molecule has 0 spiro atoms. The average Bonchev–Trinajstić information content (AvgIpc) is 2.65. The number of likely N-dealkylation sites (N-methyl/N-ethyl adjacent to an activating group) is 1. The van der Waals surface area contributed by atoms with Crippen LogP contribution in [0.5, 0.6) is 0 Å². The number of nitrogens with one attached hydrogen (secondary N) is 1. The zero-order chi connectivity index (χ0) is 18.4. The summed E-state index contributed by atoms with van der Waals surface area (Å²) in [5.74, 6) is 1.38. The smallest absolute Gasteiger partial charge is 0.234 e. The van der Waals surface area contributed by atoms with Gasteiger partial charge < -0.3 is 15.1 Å². The first-order valence-corrected chi connectivity index (χ1v) is 10.2. The Morgan fingerprint density at radius 2 is 1.73 bits per heavy atom. The highest BCUT2D eigenvalue weighted by atomic mass is 32.2. The van der Waals surface area contributed by atoms with Gasteiger partial charge in [-0.25, -0.2) is 0 Å². The second-order valence-electron chi connectivity index (χ2n) is 6.80. The molecule has 0 aliphatic carbocycles. The molecule has 26 heavy (non-hydrogen) atoms. The molecule has 2 aromatic carbocycles. The molecule has 2 aromatic rings. The molecule has 1 saturated heterocycles. The van der Waals surface area contributed by atoms with Crippen molar-refractivity contribution in [2.24, 2.45) is 0 Å². The topological polar surface area (TPSA) is 35.6 Å². The monoisotopic (exact) mass is 369 g/mol. The molecule has 3 rings (SSSR count). The number of carbonyl (C=O) groups is 1. The molecule has 0 atom stereocenters. The number of piperazine rings is 1. The van der Waals surface area contributed by atoms with E-state index in [1.54, 1.807) is 11.8 Å². The van der Waals surface area contributed by atoms with Crippen molar-refractivity contribution >= 4 is 29.0 Å². The van der Waals surface area contributed by atoms with Crippen molar-refractivity contribution < 1.29 is 4.79 Å². The van der Waals surface area contributed by atoms with Crippen LogP contribution in [0.1, 0.15) is 11.1 Å². The van der Waals surface area contributed by atoms with E-state index < -0.39 is 0 Å². The van der Waals surface area contributed by atoms with Gasteiger partial charge in [-0.1, -0.05) is 24.3 Å². The zero-order valence-electron chi connectivity index (χ0n) is 15.6. The van der Waals surface area contributed by atoms with Gasteiger partial charge in [0.2, 0.25) is 5.91 Å². The van der Waals surface area contributed by atoms with Gasteiger partial charge >= 0.3 is 0 Å². The highest BCUT2D eigenvalue weighted by Gasteiger charge is 2.14. The van der Waals surface area contributed by atoms with E-state index >= 15 is 0 Å². The minimum absolute atomic E-state index is 0.0518. The number of carbonyl (C=O) groups excluding carboxylic acids is 1. The fourth-order valence-corrected chi connectivity index (χ4v) is 3.95. The van der Waals surface area contributed by atoms with Gasteiger partial charge in [-0.15, -0.1) is 11.8 Å². The number of hydrogen-bond donors (Lipinski definition) is 1. The molecule has 4 nitrogen and oxygen atoms in total. The summed E-state index contributed by atoms with van der Waals surface area (Å²) in [6.45, 7) is 6.40. The lowest BCUT2D eigenvalue weighted by Crippen LogP contribution is -2.44. The summed E-state index contributed by atoms with van der Waals surface area (Å²) in [5.41, 5.74) is 4.66. The van der Waals surface area contributed by atoms with Crippen molar-refractivity contribution in [1.29, 1.82) is 0 Å². The molecule has 0 bridgehead atoms. The number of benzene rings is 2. The maximum Gasteiger partial charge on any atom is 0.234 e. The minimum Gasteiger partial charge on any atom is -0.369 e. The van der Waals surface area contributed by atoms with E-state index in [1.165, 1.54) is 16.8 Å². The van der Waals surface area contributed by atoms with Crippen molar-refractivity contribution in [3.05, 3.63) is 59.7 Å². The van der Waals surface area contributed by atoms with Crippen LogP contribution >= 0.6 is 11.8 Å². The third-order valence-corrected chi connectivity index (χ3v) is 5.75. The van der Waals surface area contributed by atoms with E-state index in [9.17, 15) is 4.79 Å². The highest BCUT2D eigenvalue weighted by Crippen LogP contribution is 2.20. The maximum atomic E-state index is 12.2. The summed E-state index contributed by atoms with van der Waals surface area (Å²) in [5, 5.41) is 2.99. The average molecular weight is 370 g/mol. The molecule has 0 saturated carbocycles. The summed E-state index contributed by atoms with van der Waals surface area (Å²) < 4.78 is 0. The van der Waals surface area contributed by atoms with E-state index in [0.29, 0.717) is 5.75 Å². The van der Waals surface area contributed by atoms with E-state index in [1.807, 2.05) is 24.3 Å². The number of thioether (sulfide) groups is 1. The Morgan fingerprint density at radius 3 is 2.42 bits per heavy atom. The Hall–Kier alpha value is -1.98. The van der Waals surface area contributed by atoms with Gasteiger partial charge in [0.25, 0.3) is 0 Å². The van der Waals surface area contributed by atoms with Crippen LogP contribution in [-0.2, 0) is 10.5 Å². The molecule has 1 fully saturated rings. The van der Waals surface area contributed by atoms with Crippen LogP contribution in [0.2, 0.25) is 0 Å². The van der Waals surface area contributed by atoms with Gasteiger partial charge in [0, 0.05) is 43.3 Å². The van der Waals surface area contributed by atoms with Crippen molar-refractivity contribution in [1.82, 2.24) is 4.90 Å².